The summed E-state index contributed by atoms with van der Waals surface area (Å²) in [6.45, 7) is 1.68. The molecular weight excluding hydrogens is 182 g/mol. The monoisotopic (exact) mass is 195 g/mol. The van der Waals surface area contributed by atoms with Crippen molar-refractivity contribution >= 4 is 0 Å². The number of nitroso groups, excluding NO2 is 1. The molecule has 1 aromatic carbocycles. The summed E-state index contributed by atoms with van der Waals surface area (Å²) in [6.07, 6.45) is 0.283. The molecule has 0 amide bonds. The number of rotatable bonds is 4. The van der Waals surface area contributed by atoms with E-state index in [9.17, 15) is 15.1 Å². The van der Waals surface area contributed by atoms with E-state index >= 15 is 0 Å². The third kappa shape index (κ3) is 1.97. The van der Waals surface area contributed by atoms with Crippen molar-refractivity contribution in [2.45, 2.75) is 25.2 Å². The van der Waals surface area contributed by atoms with Gasteiger partial charge in [-0.2, -0.15) is 4.91 Å². The summed E-state index contributed by atoms with van der Waals surface area (Å²) >= 11 is 0. The van der Waals surface area contributed by atoms with Gasteiger partial charge >= 0.3 is 0 Å². The first-order valence-corrected chi connectivity index (χ1v) is 4.45. The number of hydrogen-bond donors (Lipinski definition) is 2. The molecule has 0 bridgehead atoms. The Bertz CT molecular complexity index is 297. The highest BCUT2D eigenvalue weighted by atomic mass is 16.5. The molecule has 0 saturated carbocycles. The molecule has 0 aliphatic rings. The van der Waals surface area contributed by atoms with E-state index in [0.717, 1.165) is 0 Å². The minimum absolute atomic E-state index is 0.283. The van der Waals surface area contributed by atoms with E-state index in [-0.39, 0.29) is 12.0 Å². The lowest BCUT2D eigenvalue weighted by molar-refractivity contribution is -0.185. The zero-order valence-electron chi connectivity index (χ0n) is 7.92. The van der Waals surface area contributed by atoms with E-state index in [0.29, 0.717) is 0 Å². The van der Waals surface area contributed by atoms with Crippen LogP contribution in [-0.2, 0) is 5.79 Å². The van der Waals surface area contributed by atoms with Crippen molar-refractivity contribution in [2.24, 2.45) is 5.18 Å². The van der Waals surface area contributed by atoms with E-state index in [1.165, 1.54) is 0 Å². The summed E-state index contributed by atoms with van der Waals surface area (Å²) in [6, 6.07) is 7.17. The molecule has 0 heterocycles. The van der Waals surface area contributed by atoms with Crippen molar-refractivity contribution in [3.63, 3.8) is 0 Å². The summed E-state index contributed by atoms with van der Waals surface area (Å²) < 4.78 is 0. The molecule has 0 aromatic heterocycles. The second kappa shape index (κ2) is 4.30. The summed E-state index contributed by atoms with van der Waals surface area (Å²) in [7, 11) is 0. The van der Waals surface area contributed by atoms with Gasteiger partial charge in [0.15, 0.2) is 0 Å². The third-order valence-corrected chi connectivity index (χ3v) is 2.18. The maximum Gasteiger partial charge on any atom is 0.216 e. The molecule has 0 aliphatic carbocycles. The molecular formula is C10H13NO3. The van der Waals surface area contributed by atoms with Gasteiger partial charge in [0.1, 0.15) is 6.04 Å². The average Bonchev–Trinajstić information content (AvgIpc) is 2.20. The fourth-order valence-corrected chi connectivity index (χ4v) is 1.31. The van der Waals surface area contributed by atoms with Gasteiger partial charge in [-0.1, -0.05) is 42.4 Å². The van der Waals surface area contributed by atoms with Crippen LogP contribution in [0.4, 0.5) is 0 Å². The lowest BCUT2D eigenvalue weighted by Crippen LogP contribution is -2.37. The minimum Gasteiger partial charge on any atom is -0.360 e. The molecule has 1 aromatic rings. The molecule has 4 nitrogen and oxygen atoms in total. The van der Waals surface area contributed by atoms with E-state index in [1.807, 2.05) is 0 Å². The van der Waals surface area contributed by atoms with Crippen LogP contribution in [0.5, 0.6) is 0 Å². The topological polar surface area (TPSA) is 69.9 Å². The Morgan fingerprint density at radius 3 is 2.36 bits per heavy atom. The van der Waals surface area contributed by atoms with Gasteiger partial charge in [0, 0.05) is 5.56 Å². The molecule has 1 unspecified atom stereocenters. The largest absolute Gasteiger partial charge is 0.360 e. The SMILES string of the molecule is CCC(N=O)C(O)(O)c1ccccc1. The smallest absolute Gasteiger partial charge is 0.216 e. The van der Waals surface area contributed by atoms with Gasteiger partial charge in [-0.05, 0) is 6.42 Å². The highest BCUT2D eigenvalue weighted by Gasteiger charge is 2.36. The Kier molecular flexibility index (Phi) is 3.33. The fourth-order valence-electron chi connectivity index (χ4n) is 1.31. The van der Waals surface area contributed by atoms with Crippen LogP contribution in [0.3, 0.4) is 0 Å². The summed E-state index contributed by atoms with van der Waals surface area (Å²) in [5, 5.41) is 22.1. The Hall–Kier alpha value is -1.26. The van der Waals surface area contributed by atoms with Crippen molar-refractivity contribution in [3.8, 4) is 0 Å². The van der Waals surface area contributed by atoms with Crippen LogP contribution < -0.4 is 0 Å². The number of hydrogen-bond acceptors (Lipinski definition) is 4. The molecule has 0 fully saturated rings. The normalized spacial score (nSPS) is 13.6. The maximum absolute atomic E-state index is 10.4. The van der Waals surface area contributed by atoms with Gasteiger partial charge in [0.05, 0.1) is 0 Å². The Balaban J connectivity index is 3.00. The number of benzene rings is 1. The molecule has 4 heteroatoms. The zero-order valence-corrected chi connectivity index (χ0v) is 7.92. The first-order valence-electron chi connectivity index (χ1n) is 4.45. The van der Waals surface area contributed by atoms with Crippen LogP contribution in [-0.4, -0.2) is 16.3 Å². The summed E-state index contributed by atoms with van der Waals surface area (Å²) in [5.41, 5.74) is 0.284. The molecule has 0 aliphatic heterocycles. The minimum atomic E-state index is -2.17. The maximum atomic E-state index is 10.4. The van der Waals surface area contributed by atoms with Gasteiger partial charge in [0.2, 0.25) is 5.79 Å². The first-order chi connectivity index (χ1) is 6.62. The van der Waals surface area contributed by atoms with Crippen LogP contribution in [0.15, 0.2) is 35.5 Å². The molecule has 76 valence electrons. The van der Waals surface area contributed by atoms with Gasteiger partial charge in [-0.25, -0.2) is 0 Å². The van der Waals surface area contributed by atoms with Gasteiger partial charge in [0.25, 0.3) is 0 Å². The lowest BCUT2D eigenvalue weighted by Gasteiger charge is -2.25. The quantitative estimate of drug-likeness (QED) is 0.563. The molecule has 1 rings (SSSR count). The molecule has 0 radical (unpaired) electrons. The number of nitrogens with zero attached hydrogens (tertiary/aromatic N) is 1. The van der Waals surface area contributed by atoms with E-state index in [1.54, 1.807) is 37.3 Å². The van der Waals surface area contributed by atoms with Gasteiger partial charge in [-0.3, -0.25) is 0 Å². The highest BCUT2D eigenvalue weighted by molar-refractivity contribution is 5.21. The van der Waals surface area contributed by atoms with Crippen LogP contribution in [0.25, 0.3) is 0 Å². The summed E-state index contributed by atoms with van der Waals surface area (Å²) in [4.78, 5) is 10.4. The Morgan fingerprint density at radius 1 is 1.36 bits per heavy atom. The van der Waals surface area contributed by atoms with Crippen molar-refractivity contribution in [1.82, 2.24) is 0 Å². The molecule has 0 saturated heterocycles. The summed E-state index contributed by atoms with van der Waals surface area (Å²) in [5.74, 6) is -2.17. The average molecular weight is 195 g/mol. The number of aliphatic hydroxyl groups is 2. The Morgan fingerprint density at radius 2 is 1.93 bits per heavy atom. The highest BCUT2D eigenvalue weighted by Crippen LogP contribution is 2.25. The second-order valence-electron chi connectivity index (χ2n) is 3.12. The van der Waals surface area contributed by atoms with Gasteiger partial charge < -0.3 is 10.2 Å². The molecule has 14 heavy (non-hydrogen) atoms. The predicted molar refractivity (Wildman–Crippen MR) is 52.4 cm³/mol. The van der Waals surface area contributed by atoms with Crippen LogP contribution >= 0.6 is 0 Å². The standard InChI is InChI=1S/C10H13NO3/c1-2-9(11-14)10(12,13)8-6-4-3-5-7-8/h3-7,9,12-13H,2H2,1H3. The molecule has 1 atom stereocenters. The van der Waals surface area contributed by atoms with E-state index in [4.69, 9.17) is 0 Å². The molecule has 2 N–H and O–H groups in total. The predicted octanol–water partition coefficient (Wildman–Crippen LogP) is 1.37. The van der Waals surface area contributed by atoms with Crippen LogP contribution in [0.2, 0.25) is 0 Å². The van der Waals surface area contributed by atoms with Crippen LogP contribution in [0, 0.1) is 4.91 Å². The van der Waals surface area contributed by atoms with Crippen molar-refractivity contribution in [2.75, 3.05) is 0 Å². The second-order valence-corrected chi connectivity index (χ2v) is 3.12. The van der Waals surface area contributed by atoms with Crippen molar-refractivity contribution in [1.29, 1.82) is 0 Å². The molecule has 0 spiro atoms. The van der Waals surface area contributed by atoms with Crippen LogP contribution in [0.1, 0.15) is 18.9 Å². The van der Waals surface area contributed by atoms with E-state index < -0.39 is 11.8 Å². The van der Waals surface area contributed by atoms with Gasteiger partial charge in [-0.15, -0.1) is 0 Å². The Labute approximate surface area is 82.2 Å². The van der Waals surface area contributed by atoms with E-state index in [2.05, 4.69) is 5.18 Å². The fraction of sp³-hybridized carbons (Fsp3) is 0.400. The zero-order chi connectivity index (χ0) is 10.6. The third-order valence-electron chi connectivity index (χ3n) is 2.18. The lowest BCUT2D eigenvalue weighted by atomic mass is 9.97. The van der Waals surface area contributed by atoms with Crippen molar-refractivity contribution in [3.05, 3.63) is 40.8 Å². The first kappa shape index (κ1) is 10.8. The van der Waals surface area contributed by atoms with Crippen molar-refractivity contribution < 1.29 is 10.2 Å².